The van der Waals surface area contributed by atoms with E-state index >= 15 is 0 Å². The maximum absolute atomic E-state index is 11.6. The molecule has 2 aromatic heterocycles. The predicted octanol–water partition coefficient (Wildman–Crippen LogP) is 2.50. The minimum absolute atomic E-state index is 0.116. The summed E-state index contributed by atoms with van der Waals surface area (Å²) in [6.07, 6.45) is 1.00. The van der Waals surface area contributed by atoms with Crippen molar-refractivity contribution in [1.29, 1.82) is 0 Å². The fourth-order valence-corrected chi connectivity index (χ4v) is 2.94. The number of rotatable bonds is 5. The Kier molecular flexibility index (Phi) is 4.57. The Morgan fingerprint density at radius 3 is 2.94 bits per heavy atom. The van der Waals surface area contributed by atoms with Gasteiger partial charge in [0.2, 0.25) is 5.91 Å². The molecule has 4 nitrogen and oxygen atoms in total. The summed E-state index contributed by atoms with van der Waals surface area (Å²) in [5.41, 5.74) is 0. The van der Waals surface area contributed by atoms with E-state index in [0.29, 0.717) is 12.2 Å². The molecule has 0 bridgehead atoms. The van der Waals surface area contributed by atoms with Gasteiger partial charge in [-0.2, -0.15) is 0 Å². The highest BCUT2D eigenvalue weighted by Crippen LogP contribution is 2.22. The summed E-state index contributed by atoms with van der Waals surface area (Å²) < 4.78 is 6.04. The molecule has 0 fully saturated rings. The number of furan rings is 1. The first-order valence-electron chi connectivity index (χ1n) is 5.37. The summed E-state index contributed by atoms with van der Waals surface area (Å²) in [7, 11) is 0. The zero-order valence-corrected chi connectivity index (χ0v) is 11.8. The van der Waals surface area contributed by atoms with E-state index in [0.717, 1.165) is 8.66 Å². The molecule has 2 aromatic rings. The molecule has 2 rings (SSSR count). The van der Waals surface area contributed by atoms with E-state index in [4.69, 9.17) is 4.42 Å². The van der Waals surface area contributed by atoms with Crippen LogP contribution >= 0.6 is 27.3 Å². The second-order valence-electron chi connectivity index (χ2n) is 3.72. The van der Waals surface area contributed by atoms with Gasteiger partial charge in [0.1, 0.15) is 11.9 Å². The van der Waals surface area contributed by atoms with Gasteiger partial charge in [-0.05, 0) is 40.2 Å². The number of amides is 1. The Morgan fingerprint density at radius 1 is 1.50 bits per heavy atom. The van der Waals surface area contributed by atoms with Crippen LogP contribution in [0.15, 0.2) is 38.7 Å². The number of halogens is 1. The molecule has 0 saturated carbocycles. The van der Waals surface area contributed by atoms with E-state index in [1.54, 1.807) is 12.1 Å². The number of aliphatic hydroxyl groups is 1. The topological polar surface area (TPSA) is 62.5 Å². The fourth-order valence-electron chi connectivity index (χ4n) is 1.46. The second kappa shape index (κ2) is 6.17. The van der Waals surface area contributed by atoms with Crippen molar-refractivity contribution in [3.05, 3.63) is 45.0 Å². The van der Waals surface area contributed by atoms with E-state index in [9.17, 15) is 9.90 Å². The van der Waals surface area contributed by atoms with Crippen molar-refractivity contribution in [1.82, 2.24) is 5.32 Å². The van der Waals surface area contributed by atoms with Crippen LogP contribution in [0.25, 0.3) is 0 Å². The summed E-state index contributed by atoms with van der Waals surface area (Å²) in [6.45, 7) is 0.152. The number of hydrogen-bond donors (Lipinski definition) is 2. The highest BCUT2D eigenvalue weighted by Gasteiger charge is 2.12. The normalized spacial score (nSPS) is 12.3. The number of thiophene rings is 1. The summed E-state index contributed by atoms with van der Waals surface area (Å²) >= 11 is 4.87. The SMILES string of the molecule is O=C(Cc1ccc(Br)s1)NCC(O)c1ccco1. The maximum atomic E-state index is 11.6. The Balaban J connectivity index is 1.78. The van der Waals surface area contributed by atoms with Gasteiger partial charge in [0.05, 0.1) is 23.0 Å². The van der Waals surface area contributed by atoms with Crippen molar-refractivity contribution >= 4 is 33.2 Å². The molecule has 6 heteroatoms. The van der Waals surface area contributed by atoms with Gasteiger partial charge >= 0.3 is 0 Å². The van der Waals surface area contributed by atoms with Gasteiger partial charge in [-0.3, -0.25) is 4.79 Å². The van der Waals surface area contributed by atoms with Crippen LogP contribution in [-0.2, 0) is 11.2 Å². The molecule has 0 aromatic carbocycles. The van der Waals surface area contributed by atoms with Gasteiger partial charge < -0.3 is 14.8 Å². The molecule has 1 unspecified atom stereocenters. The van der Waals surface area contributed by atoms with Crippen molar-refractivity contribution in [2.45, 2.75) is 12.5 Å². The smallest absolute Gasteiger partial charge is 0.225 e. The van der Waals surface area contributed by atoms with Crippen LogP contribution in [0, 0.1) is 0 Å². The van der Waals surface area contributed by atoms with Gasteiger partial charge in [0, 0.05) is 4.88 Å². The van der Waals surface area contributed by atoms with Crippen molar-refractivity contribution in [2.75, 3.05) is 6.54 Å². The summed E-state index contributed by atoms with van der Waals surface area (Å²) in [5, 5.41) is 12.4. The van der Waals surface area contributed by atoms with Crippen LogP contribution in [-0.4, -0.2) is 17.6 Å². The number of hydrogen-bond acceptors (Lipinski definition) is 4. The molecule has 0 aliphatic carbocycles. The largest absolute Gasteiger partial charge is 0.467 e. The molecule has 2 heterocycles. The van der Waals surface area contributed by atoms with Crippen LogP contribution in [0.3, 0.4) is 0 Å². The lowest BCUT2D eigenvalue weighted by Gasteiger charge is -2.08. The molecule has 0 saturated heterocycles. The molecular weight excluding hydrogens is 318 g/mol. The van der Waals surface area contributed by atoms with Crippen LogP contribution < -0.4 is 5.32 Å². The molecular formula is C12H12BrNO3S. The molecule has 0 spiro atoms. The lowest BCUT2D eigenvalue weighted by Crippen LogP contribution is -2.29. The number of carbonyl (C=O) groups is 1. The number of aliphatic hydroxyl groups excluding tert-OH is 1. The van der Waals surface area contributed by atoms with Crippen molar-refractivity contribution in [3.63, 3.8) is 0 Å². The molecule has 18 heavy (non-hydrogen) atoms. The fraction of sp³-hybridized carbons (Fsp3) is 0.250. The lowest BCUT2D eigenvalue weighted by molar-refractivity contribution is -0.120. The van der Waals surface area contributed by atoms with Crippen LogP contribution in [0.2, 0.25) is 0 Å². The van der Waals surface area contributed by atoms with Gasteiger partial charge in [0.25, 0.3) is 0 Å². The van der Waals surface area contributed by atoms with Crippen LogP contribution in [0.1, 0.15) is 16.7 Å². The predicted molar refractivity (Wildman–Crippen MR) is 72.4 cm³/mol. The molecule has 1 atom stereocenters. The summed E-state index contributed by atoms with van der Waals surface area (Å²) in [4.78, 5) is 12.6. The van der Waals surface area contributed by atoms with Gasteiger partial charge in [-0.1, -0.05) is 0 Å². The second-order valence-corrected chi connectivity index (χ2v) is 6.27. The van der Waals surface area contributed by atoms with E-state index < -0.39 is 6.10 Å². The van der Waals surface area contributed by atoms with Crippen molar-refractivity contribution in [2.24, 2.45) is 0 Å². The molecule has 0 radical (unpaired) electrons. The summed E-state index contributed by atoms with van der Waals surface area (Å²) in [5.74, 6) is 0.337. The molecule has 0 aliphatic heterocycles. The Hall–Kier alpha value is -1.11. The average molecular weight is 330 g/mol. The molecule has 96 valence electrons. The van der Waals surface area contributed by atoms with Gasteiger partial charge in [-0.25, -0.2) is 0 Å². The van der Waals surface area contributed by atoms with Crippen molar-refractivity contribution < 1.29 is 14.3 Å². The zero-order chi connectivity index (χ0) is 13.0. The molecule has 2 N–H and O–H groups in total. The number of carbonyl (C=O) groups excluding carboxylic acids is 1. The monoisotopic (exact) mass is 329 g/mol. The third-order valence-corrected chi connectivity index (χ3v) is 3.95. The first-order valence-corrected chi connectivity index (χ1v) is 6.98. The quantitative estimate of drug-likeness (QED) is 0.885. The van der Waals surface area contributed by atoms with Gasteiger partial charge in [-0.15, -0.1) is 11.3 Å². The standard InChI is InChI=1S/C12H12BrNO3S/c13-11-4-3-8(18-11)6-12(16)14-7-9(15)10-2-1-5-17-10/h1-5,9,15H,6-7H2,(H,14,16). The molecule has 0 aliphatic rings. The Morgan fingerprint density at radius 2 is 2.33 bits per heavy atom. The van der Waals surface area contributed by atoms with Crippen molar-refractivity contribution in [3.8, 4) is 0 Å². The minimum Gasteiger partial charge on any atom is -0.467 e. The highest BCUT2D eigenvalue weighted by atomic mass is 79.9. The van der Waals surface area contributed by atoms with E-state index in [1.165, 1.54) is 17.6 Å². The third-order valence-electron chi connectivity index (χ3n) is 2.33. The van der Waals surface area contributed by atoms with E-state index in [2.05, 4.69) is 21.2 Å². The first-order chi connectivity index (χ1) is 8.65. The zero-order valence-electron chi connectivity index (χ0n) is 9.43. The lowest BCUT2D eigenvalue weighted by atomic mass is 10.2. The summed E-state index contributed by atoms with van der Waals surface area (Å²) in [6, 6.07) is 7.18. The van der Waals surface area contributed by atoms with E-state index in [-0.39, 0.29) is 12.5 Å². The minimum atomic E-state index is -0.806. The van der Waals surface area contributed by atoms with E-state index in [1.807, 2.05) is 12.1 Å². The van der Waals surface area contributed by atoms with Crippen LogP contribution in [0.5, 0.6) is 0 Å². The highest BCUT2D eigenvalue weighted by molar-refractivity contribution is 9.11. The first kappa shape index (κ1) is 13.3. The van der Waals surface area contributed by atoms with Gasteiger partial charge in [0.15, 0.2) is 0 Å². The third kappa shape index (κ3) is 3.69. The maximum Gasteiger partial charge on any atom is 0.225 e. The Bertz CT molecular complexity index is 509. The average Bonchev–Trinajstić information content (AvgIpc) is 2.97. The number of nitrogens with one attached hydrogen (secondary N) is 1. The molecule has 1 amide bonds. The van der Waals surface area contributed by atoms with Crippen LogP contribution in [0.4, 0.5) is 0 Å². The Labute approximate surface area is 117 Å².